The van der Waals surface area contributed by atoms with E-state index in [0.29, 0.717) is 0 Å². The molecule has 0 bridgehead atoms. The topological polar surface area (TPSA) is 29.9 Å². The van der Waals surface area contributed by atoms with Crippen LogP contribution < -0.4 is 5.32 Å². The molecule has 0 aliphatic heterocycles. The van der Waals surface area contributed by atoms with Gasteiger partial charge in [0.1, 0.15) is 0 Å². The van der Waals surface area contributed by atoms with Gasteiger partial charge >= 0.3 is 0 Å². The van der Waals surface area contributed by atoms with Crippen LogP contribution in [0.3, 0.4) is 0 Å². The van der Waals surface area contributed by atoms with Crippen molar-refractivity contribution in [2.75, 3.05) is 6.54 Å². The molecular weight excluding hydrogens is 258 g/mol. The lowest BCUT2D eigenvalue weighted by atomic mass is 9.99. The lowest BCUT2D eigenvalue weighted by Crippen LogP contribution is -2.13. The molecule has 0 spiro atoms. The third-order valence-corrected chi connectivity index (χ3v) is 3.88. The zero-order valence-corrected chi connectivity index (χ0v) is 13.7. The first-order valence-electron chi connectivity index (χ1n) is 8.00. The predicted octanol–water partition coefficient (Wildman–Crippen LogP) is 4.08. The van der Waals surface area contributed by atoms with Crippen LogP contribution >= 0.6 is 0 Å². The van der Waals surface area contributed by atoms with Gasteiger partial charge in [-0.2, -0.15) is 5.10 Å². The van der Waals surface area contributed by atoms with Gasteiger partial charge in [-0.15, -0.1) is 0 Å². The van der Waals surface area contributed by atoms with Gasteiger partial charge in [-0.25, -0.2) is 0 Å². The van der Waals surface area contributed by atoms with Crippen molar-refractivity contribution in [3.05, 3.63) is 41.2 Å². The van der Waals surface area contributed by atoms with Crippen molar-refractivity contribution in [2.45, 2.75) is 53.6 Å². The van der Waals surface area contributed by atoms with Crippen LogP contribution in [0.5, 0.6) is 0 Å². The number of rotatable bonds is 7. The number of nitrogens with one attached hydrogen (secondary N) is 1. The highest BCUT2D eigenvalue weighted by Crippen LogP contribution is 2.27. The molecule has 1 heterocycles. The molecule has 1 aromatic carbocycles. The van der Waals surface area contributed by atoms with E-state index >= 15 is 0 Å². The molecule has 2 aromatic rings. The summed E-state index contributed by atoms with van der Waals surface area (Å²) in [5.41, 5.74) is 6.49. The molecule has 0 saturated heterocycles. The zero-order valence-electron chi connectivity index (χ0n) is 13.7. The summed E-state index contributed by atoms with van der Waals surface area (Å²) < 4.78 is 2.10. The Labute approximate surface area is 128 Å². The summed E-state index contributed by atoms with van der Waals surface area (Å²) in [5, 5.41) is 7.96. The van der Waals surface area contributed by atoms with Crippen LogP contribution in [0.1, 0.15) is 43.5 Å². The Bertz CT molecular complexity index is 584. The molecule has 0 aliphatic carbocycles. The minimum Gasteiger partial charge on any atom is -0.313 e. The van der Waals surface area contributed by atoms with E-state index in [9.17, 15) is 0 Å². The molecule has 3 nitrogen and oxygen atoms in total. The van der Waals surface area contributed by atoms with Crippen molar-refractivity contribution in [3.63, 3.8) is 0 Å². The van der Waals surface area contributed by atoms with Crippen LogP contribution in [0.2, 0.25) is 0 Å². The fraction of sp³-hybridized carbons (Fsp3) is 0.500. The second-order valence-electron chi connectivity index (χ2n) is 5.69. The van der Waals surface area contributed by atoms with Gasteiger partial charge in [0.2, 0.25) is 0 Å². The van der Waals surface area contributed by atoms with E-state index < -0.39 is 0 Å². The van der Waals surface area contributed by atoms with Crippen molar-refractivity contribution >= 4 is 0 Å². The number of nitrogens with zero attached hydrogens (tertiary/aromatic N) is 2. The van der Waals surface area contributed by atoms with Gasteiger partial charge in [0.25, 0.3) is 0 Å². The molecule has 0 amide bonds. The Hall–Kier alpha value is -1.61. The van der Waals surface area contributed by atoms with Gasteiger partial charge in [-0.05, 0) is 49.9 Å². The molecule has 0 atom stereocenters. The molecule has 1 N–H and O–H groups in total. The molecule has 0 aliphatic rings. The lowest BCUT2D eigenvalue weighted by molar-refractivity contribution is 0.587. The van der Waals surface area contributed by atoms with Crippen molar-refractivity contribution < 1.29 is 0 Å². The van der Waals surface area contributed by atoms with E-state index in [2.05, 4.69) is 61.0 Å². The molecule has 3 heteroatoms. The normalized spacial score (nSPS) is 11.0. The van der Waals surface area contributed by atoms with Crippen molar-refractivity contribution in [1.82, 2.24) is 15.1 Å². The molecule has 2 rings (SSSR count). The highest BCUT2D eigenvalue weighted by atomic mass is 15.3. The quantitative estimate of drug-likeness (QED) is 0.777. The van der Waals surface area contributed by atoms with E-state index in [4.69, 9.17) is 0 Å². The van der Waals surface area contributed by atoms with Crippen LogP contribution in [-0.4, -0.2) is 16.3 Å². The Balaban J connectivity index is 2.20. The largest absolute Gasteiger partial charge is 0.313 e. The predicted molar refractivity (Wildman–Crippen MR) is 89.4 cm³/mol. The Morgan fingerprint density at radius 2 is 1.90 bits per heavy atom. The standard InChI is InChI=1S/C18H27N3/c1-5-9-19-12-16-7-8-17(14(3)11-16)18-13-20-21(10-6-2)15(18)4/h7-8,11,13,19H,5-6,9-10,12H2,1-4H3. The van der Waals surface area contributed by atoms with Crippen LogP contribution in [0, 0.1) is 13.8 Å². The maximum Gasteiger partial charge on any atom is 0.0571 e. The van der Waals surface area contributed by atoms with Gasteiger partial charge in [-0.3, -0.25) is 4.68 Å². The maximum absolute atomic E-state index is 4.51. The minimum absolute atomic E-state index is 0.947. The fourth-order valence-corrected chi connectivity index (χ4v) is 2.70. The molecule has 114 valence electrons. The minimum atomic E-state index is 0.947. The summed E-state index contributed by atoms with van der Waals surface area (Å²) in [7, 11) is 0. The van der Waals surface area contributed by atoms with Gasteiger partial charge in [0.15, 0.2) is 0 Å². The Kier molecular flexibility index (Phi) is 5.57. The van der Waals surface area contributed by atoms with Gasteiger partial charge in [0, 0.05) is 24.3 Å². The summed E-state index contributed by atoms with van der Waals surface area (Å²) >= 11 is 0. The number of benzene rings is 1. The SMILES string of the molecule is CCCNCc1ccc(-c2cnn(CCC)c2C)c(C)c1. The smallest absolute Gasteiger partial charge is 0.0571 e. The molecule has 0 radical (unpaired) electrons. The first-order chi connectivity index (χ1) is 10.2. The van der Waals surface area contributed by atoms with Crippen LogP contribution in [0.4, 0.5) is 0 Å². The molecule has 0 saturated carbocycles. The van der Waals surface area contributed by atoms with E-state index in [1.807, 2.05) is 6.20 Å². The van der Waals surface area contributed by atoms with Gasteiger partial charge < -0.3 is 5.32 Å². The average Bonchev–Trinajstić information content (AvgIpc) is 2.82. The van der Waals surface area contributed by atoms with Crippen LogP contribution in [0.15, 0.2) is 24.4 Å². The molecule has 21 heavy (non-hydrogen) atoms. The summed E-state index contributed by atoms with van der Waals surface area (Å²) in [6, 6.07) is 6.74. The van der Waals surface area contributed by atoms with E-state index in [0.717, 1.165) is 26.1 Å². The first kappa shape index (κ1) is 15.8. The van der Waals surface area contributed by atoms with Crippen molar-refractivity contribution in [2.24, 2.45) is 0 Å². The van der Waals surface area contributed by atoms with E-state index in [1.165, 1.54) is 34.4 Å². The maximum atomic E-state index is 4.51. The van der Waals surface area contributed by atoms with Crippen LogP contribution in [-0.2, 0) is 13.1 Å². The second-order valence-corrected chi connectivity index (χ2v) is 5.69. The number of aromatic nitrogens is 2. The van der Waals surface area contributed by atoms with Crippen LogP contribution in [0.25, 0.3) is 11.1 Å². The highest BCUT2D eigenvalue weighted by molar-refractivity contribution is 5.69. The zero-order chi connectivity index (χ0) is 15.2. The molecule has 1 aromatic heterocycles. The number of hydrogen-bond acceptors (Lipinski definition) is 2. The monoisotopic (exact) mass is 285 g/mol. The van der Waals surface area contributed by atoms with E-state index in [-0.39, 0.29) is 0 Å². The number of aryl methyl sites for hydroxylation is 2. The molecule has 0 fully saturated rings. The Morgan fingerprint density at radius 1 is 1.10 bits per heavy atom. The summed E-state index contributed by atoms with van der Waals surface area (Å²) in [4.78, 5) is 0. The van der Waals surface area contributed by atoms with Crippen molar-refractivity contribution in [3.8, 4) is 11.1 Å². The third-order valence-electron chi connectivity index (χ3n) is 3.88. The fourth-order valence-electron chi connectivity index (χ4n) is 2.70. The second kappa shape index (κ2) is 7.41. The summed E-state index contributed by atoms with van der Waals surface area (Å²) in [6.07, 6.45) is 4.29. The third kappa shape index (κ3) is 3.73. The summed E-state index contributed by atoms with van der Waals surface area (Å²) in [6.45, 7) is 11.7. The van der Waals surface area contributed by atoms with Gasteiger partial charge in [0.05, 0.1) is 6.20 Å². The highest BCUT2D eigenvalue weighted by Gasteiger charge is 2.10. The number of hydrogen-bond donors (Lipinski definition) is 1. The average molecular weight is 285 g/mol. The summed E-state index contributed by atoms with van der Waals surface area (Å²) in [5.74, 6) is 0. The molecular formula is C18H27N3. The Morgan fingerprint density at radius 3 is 2.57 bits per heavy atom. The first-order valence-corrected chi connectivity index (χ1v) is 8.00. The van der Waals surface area contributed by atoms with Gasteiger partial charge in [-0.1, -0.05) is 32.0 Å². The lowest BCUT2D eigenvalue weighted by Gasteiger charge is -2.10. The van der Waals surface area contributed by atoms with Crippen molar-refractivity contribution in [1.29, 1.82) is 0 Å². The van der Waals surface area contributed by atoms with E-state index in [1.54, 1.807) is 0 Å². The molecule has 0 unspecified atom stereocenters.